The fourth-order valence-corrected chi connectivity index (χ4v) is 2.37. The van der Waals surface area contributed by atoms with E-state index in [-0.39, 0.29) is 10.7 Å². The molecule has 0 unspecified atom stereocenters. The zero-order valence-electron chi connectivity index (χ0n) is 12.2. The Balaban J connectivity index is 2.14. The van der Waals surface area contributed by atoms with Crippen LogP contribution < -0.4 is 5.43 Å². The van der Waals surface area contributed by atoms with E-state index in [9.17, 15) is 14.9 Å². The van der Waals surface area contributed by atoms with E-state index in [0.717, 1.165) is 0 Å². The molecule has 0 aliphatic carbocycles. The highest BCUT2D eigenvalue weighted by Gasteiger charge is 2.12. The van der Waals surface area contributed by atoms with Crippen molar-refractivity contribution in [1.29, 1.82) is 0 Å². The second-order valence-corrected chi connectivity index (χ2v) is 5.53. The van der Waals surface area contributed by atoms with Gasteiger partial charge in [0.05, 0.1) is 4.92 Å². The number of rotatable bonds is 5. The summed E-state index contributed by atoms with van der Waals surface area (Å²) in [7, 11) is 0. The molecule has 0 bridgehead atoms. The van der Waals surface area contributed by atoms with Crippen molar-refractivity contribution in [2.75, 3.05) is 11.7 Å². The molecule has 0 saturated carbocycles. The summed E-state index contributed by atoms with van der Waals surface area (Å²) in [4.78, 5) is 22.2. The second-order valence-electron chi connectivity index (χ2n) is 4.35. The van der Waals surface area contributed by atoms with Gasteiger partial charge in [0.1, 0.15) is 10.8 Å². The van der Waals surface area contributed by atoms with E-state index in [1.807, 2.05) is 6.26 Å². The minimum atomic E-state index is -0.578. The van der Waals surface area contributed by atoms with Crippen molar-refractivity contribution in [2.24, 2.45) is 0 Å². The molecule has 1 aromatic carbocycles. The molecule has 1 heterocycles. The fraction of sp³-hybridized carbons (Fsp3) is 0.154. The summed E-state index contributed by atoms with van der Waals surface area (Å²) in [6.45, 7) is 1.71. The van der Waals surface area contributed by atoms with Gasteiger partial charge >= 0.3 is 0 Å². The predicted molar refractivity (Wildman–Crippen MR) is 88.0 cm³/mol. The average Bonchev–Trinajstić information content (AvgIpc) is 2.86. The minimum absolute atomic E-state index is 0.0429. The normalized spacial score (nSPS) is 10.9. The van der Waals surface area contributed by atoms with Gasteiger partial charge in [-0.05, 0) is 30.9 Å². The maximum atomic E-state index is 11.9. The molecule has 23 heavy (non-hydrogen) atoms. The molecule has 10 heteroatoms. The lowest BCUT2D eigenvalue weighted by Gasteiger charge is -2.06. The number of halogens is 1. The quantitative estimate of drug-likeness (QED) is 0.383. The van der Waals surface area contributed by atoms with Gasteiger partial charge in [0.25, 0.3) is 11.6 Å². The molecule has 8 nitrogen and oxygen atoms in total. The number of nitrogens with zero attached hydrogens (tertiary/aromatic N) is 4. The number of nitro groups is 1. The molecule has 1 amide bonds. The average molecular weight is 354 g/mol. The van der Waals surface area contributed by atoms with Crippen LogP contribution in [0.3, 0.4) is 0 Å². The van der Waals surface area contributed by atoms with Gasteiger partial charge in [-0.1, -0.05) is 29.4 Å². The van der Waals surface area contributed by atoms with E-state index in [4.69, 9.17) is 11.6 Å². The summed E-state index contributed by atoms with van der Waals surface area (Å²) in [5, 5.41) is 19.2. The number of hydrogen-bond acceptors (Lipinski definition) is 6. The number of hydrogen-bond donors (Lipinski definition) is 1. The summed E-state index contributed by atoms with van der Waals surface area (Å²) in [5.41, 5.74) is 2.89. The van der Waals surface area contributed by atoms with Crippen LogP contribution in [0.5, 0.6) is 0 Å². The van der Waals surface area contributed by atoms with Crippen molar-refractivity contribution >= 4 is 41.0 Å². The SMILES string of the molecule is CSc1nnc(C)n1NC(=O)/C=C/c1ccc(Cl)c([N+](=O)[O-])c1. The Kier molecular flexibility index (Phi) is 5.35. The van der Waals surface area contributed by atoms with Crippen molar-refractivity contribution in [2.45, 2.75) is 12.1 Å². The number of nitrogens with one attached hydrogen (secondary N) is 1. The molecule has 2 rings (SSSR count). The number of nitro benzene ring substituents is 1. The largest absolute Gasteiger partial charge is 0.288 e. The second kappa shape index (κ2) is 7.25. The van der Waals surface area contributed by atoms with Gasteiger partial charge in [-0.3, -0.25) is 20.3 Å². The predicted octanol–water partition coefficient (Wildman–Crippen LogP) is 2.65. The van der Waals surface area contributed by atoms with Crippen molar-refractivity contribution in [1.82, 2.24) is 14.9 Å². The molecule has 0 radical (unpaired) electrons. The third-order valence-electron chi connectivity index (χ3n) is 2.79. The summed E-state index contributed by atoms with van der Waals surface area (Å²) in [5.74, 6) is 0.124. The highest BCUT2D eigenvalue weighted by molar-refractivity contribution is 7.98. The summed E-state index contributed by atoms with van der Waals surface area (Å²) in [6.07, 6.45) is 4.53. The molecule has 0 fully saturated rings. The van der Waals surface area contributed by atoms with E-state index < -0.39 is 10.8 Å². The molecule has 120 valence electrons. The van der Waals surface area contributed by atoms with E-state index in [2.05, 4.69) is 15.6 Å². The summed E-state index contributed by atoms with van der Waals surface area (Å²) >= 11 is 7.08. The van der Waals surface area contributed by atoms with Gasteiger partial charge < -0.3 is 0 Å². The van der Waals surface area contributed by atoms with Crippen molar-refractivity contribution < 1.29 is 9.72 Å². The Labute approximate surface area is 140 Å². The van der Waals surface area contributed by atoms with E-state index in [1.165, 1.54) is 40.7 Å². The molecule has 1 aromatic heterocycles. The standard InChI is InChI=1S/C13H12ClN5O3S/c1-8-15-16-13(23-2)18(8)17-12(20)6-4-9-3-5-10(14)11(7-9)19(21)22/h3-7H,1-2H3,(H,17,20)/b6-4+. The Morgan fingerprint density at radius 2 is 2.22 bits per heavy atom. The van der Waals surface area contributed by atoms with Gasteiger partial charge in [-0.25, -0.2) is 4.68 Å². The zero-order valence-corrected chi connectivity index (χ0v) is 13.8. The summed E-state index contributed by atoms with van der Waals surface area (Å²) < 4.78 is 1.46. The molecule has 0 atom stereocenters. The maximum Gasteiger partial charge on any atom is 0.288 e. The first-order valence-corrected chi connectivity index (χ1v) is 7.91. The van der Waals surface area contributed by atoms with Crippen LogP contribution in [0.15, 0.2) is 29.4 Å². The Morgan fingerprint density at radius 3 is 2.87 bits per heavy atom. The van der Waals surface area contributed by atoms with Gasteiger partial charge in [0.2, 0.25) is 5.16 Å². The number of carbonyl (C=O) groups excluding carboxylic acids is 1. The van der Waals surface area contributed by atoms with Crippen LogP contribution in [0.25, 0.3) is 6.08 Å². The van der Waals surface area contributed by atoms with Crippen LogP contribution in [-0.2, 0) is 4.79 Å². The fourth-order valence-electron chi connectivity index (χ4n) is 1.70. The van der Waals surface area contributed by atoms with Crippen LogP contribution in [0.1, 0.15) is 11.4 Å². The van der Waals surface area contributed by atoms with Gasteiger partial charge in [0, 0.05) is 12.1 Å². The smallest absolute Gasteiger partial charge is 0.268 e. The minimum Gasteiger partial charge on any atom is -0.268 e. The van der Waals surface area contributed by atoms with Crippen LogP contribution in [0.2, 0.25) is 5.02 Å². The molecular weight excluding hydrogens is 342 g/mol. The van der Waals surface area contributed by atoms with Crippen LogP contribution >= 0.6 is 23.4 Å². The van der Waals surface area contributed by atoms with Crippen molar-refractivity contribution in [3.05, 3.63) is 50.8 Å². The lowest BCUT2D eigenvalue weighted by molar-refractivity contribution is -0.384. The number of benzene rings is 1. The highest BCUT2D eigenvalue weighted by Crippen LogP contribution is 2.25. The first-order valence-electron chi connectivity index (χ1n) is 6.31. The Morgan fingerprint density at radius 1 is 1.48 bits per heavy atom. The first kappa shape index (κ1) is 17.0. The third kappa shape index (κ3) is 4.08. The zero-order chi connectivity index (χ0) is 17.0. The van der Waals surface area contributed by atoms with E-state index in [1.54, 1.807) is 13.0 Å². The maximum absolute atomic E-state index is 11.9. The van der Waals surface area contributed by atoms with Crippen molar-refractivity contribution in [3.63, 3.8) is 0 Å². The first-order chi connectivity index (χ1) is 10.9. The number of carbonyl (C=O) groups is 1. The molecule has 0 spiro atoms. The molecule has 0 aliphatic heterocycles. The number of amides is 1. The highest BCUT2D eigenvalue weighted by atomic mass is 35.5. The van der Waals surface area contributed by atoms with Gasteiger partial charge in [-0.2, -0.15) is 0 Å². The van der Waals surface area contributed by atoms with Crippen LogP contribution in [0.4, 0.5) is 5.69 Å². The van der Waals surface area contributed by atoms with E-state index in [0.29, 0.717) is 16.5 Å². The molecule has 2 aromatic rings. The Bertz CT molecular complexity index is 790. The van der Waals surface area contributed by atoms with Crippen LogP contribution in [0, 0.1) is 17.0 Å². The third-order valence-corrected chi connectivity index (χ3v) is 3.74. The van der Waals surface area contributed by atoms with Gasteiger partial charge in [-0.15, -0.1) is 10.2 Å². The lowest BCUT2D eigenvalue weighted by atomic mass is 10.2. The molecule has 1 N–H and O–H groups in total. The van der Waals surface area contributed by atoms with Crippen molar-refractivity contribution in [3.8, 4) is 0 Å². The number of aromatic nitrogens is 3. The van der Waals surface area contributed by atoms with Gasteiger partial charge in [0.15, 0.2) is 0 Å². The molecular formula is C13H12ClN5O3S. The molecule has 0 aliphatic rings. The number of thioether (sulfide) groups is 1. The molecule has 0 saturated heterocycles. The number of aryl methyl sites for hydroxylation is 1. The topological polar surface area (TPSA) is 103 Å². The Hall–Kier alpha value is -2.39. The summed E-state index contributed by atoms with van der Waals surface area (Å²) in [6, 6.07) is 4.28. The lowest BCUT2D eigenvalue weighted by Crippen LogP contribution is -2.22. The van der Waals surface area contributed by atoms with Crippen LogP contribution in [-0.4, -0.2) is 32.0 Å². The van der Waals surface area contributed by atoms with E-state index >= 15 is 0 Å². The monoisotopic (exact) mass is 353 g/mol.